The van der Waals surface area contributed by atoms with Crippen molar-refractivity contribution in [3.8, 4) is 0 Å². The van der Waals surface area contributed by atoms with Crippen molar-refractivity contribution < 1.29 is 4.74 Å². The number of ether oxygens (including phenoxy) is 1. The molecule has 0 saturated heterocycles. The van der Waals surface area contributed by atoms with Crippen LogP contribution in [0.3, 0.4) is 0 Å². The SMILES string of the molecule is CC(C)CCOC1CCc2ccccc21. The van der Waals surface area contributed by atoms with Gasteiger partial charge in [0.15, 0.2) is 0 Å². The molecule has 0 aliphatic heterocycles. The Bertz CT molecular complexity index is 317. The minimum absolute atomic E-state index is 0.361. The molecule has 0 spiro atoms. The fourth-order valence-corrected chi connectivity index (χ4v) is 2.14. The molecule has 1 aromatic rings. The Balaban J connectivity index is 1.90. The molecule has 0 saturated carbocycles. The highest BCUT2D eigenvalue weighted by molar-refractivity contribution is 5.33. The van der Waals surface area contributed by atoms with Gasteiger partial charge in [0.2, 0.25) is 0 Å². The summed E-state index contributed by atoms with van der Waals surface area (Å²) >= 11 is 0. The molecule has 15 heavy (non-hydrogen) atoms. The van der Waals surface area contributed by atoms with Crippen molar-refractivity contribution in [3.05, 3.63) is 35.4 Å². The summed E-state index contributed by atoms with van der Waals surface area (Å²) in [5.74, 6) is 0.738. The quantitative estimate of drug-likeness (QED) is 0.726. The Morgan fingerprint density at radius 3 is 2.93 bits per heavy atom. The molecule has 0 fully saturated rings. The van der Waals surface area contributed by atoms with Crippen molar-refractivity contribution in [2.45, 2.75) is 39.2 Å². The van der Waals surface area contributed by atoms with Crippen molar-refractivity contribution >= 4 is 0 Å². The molecule has 0 heterocycles. The van der Waals surface area contributed by atoms with Gasteiger partial charge in [-0.15, -0.1) is 0 Å². The maximum absolute atomic E-state index is 5.94. The summed E-state index contributed by atoms with van der Waals surface area (Å²) in [6, 6.07) is 8.67. The number of hydrogen-bond acceptors (Lipinski definition) is 1. The van der Waals surface area contributed by atoms with E-state index in [-0.39, 0.29) is 0 Å². The van der Waals surface area contributed by atoms with E-state index in [9.17, 15) is 0 Å². The second-order valence-corrected chi connectivity index (χ2v) is 4.78. The van der Waals surface area contributed by atoms with Crippen LogP contribution in [0.1, 0.15) is 43.9 Å². The van der Waals surface area contributed by atoms with Crippen LogP contribution in [0.25, 0.3) is 0 Å². The predicted molar refractivity (Wildman–Crippen MR) is 62.9 cm³/mol. The minimum Gasteiger partial charge on any atom is -0.373 e. The Labute approximate surface area is 92.5 Å². The first kappa shape index (κ1) is 10.7. The van der Waals surface area contributed by atoms with Gasteiger partial charge in [0, 0.05) is 6.61 Å². The lowest BCUT2D eigenvalue weighted by Crippen LogP contribution is -2.04. The van der Waals surface area contributed by atoms with Crippen LogP contribution >= 0.6 is 0 Å². The third kappa shape index (κ3) is 2.60. The van der Waals surface area contributed by atoms with Crippen LogP contribution in [-0.4, -0.2) is 6.61 Å². The van der Waals surface area contributed by atoms with Gasteiger partial charge < -0.3 is 4.74 Å². The van der Waals surface area contributed by atoms with E-state index in [1.807, 2.05) is 0 Å². The second-order valence-electron chi connectivity index (χ2n) is 4.78. The number of hydrogen-bond donors (Lipinski definition) is 0. The van der Waals surface area contributed by atoms with Crippen molar-refractivity contribution in [2.24, 2.45) is 5.92 Å². The lowest BCUT2D eigenvalue weighted by Gasteiger charge is -2.14. The summed E-state index contributed by atoms with van der Waals surface area (Å²) in [5, 5.41) is 0. The number of rotatable bonds is 4. The highest BCUT2D eigenvalue weighted by atomic mass is 16.5. The van der Waals surface area contributed by atoms with Crippen molar-refractivity contribution in [1.29, 1.82) is 0 Å². The zero-order valence-electron chi connectivity index (χ0n) is 9.70. The zero-order chi connectivity index (χ0) is 10.7. The normalized spacial score (nSPS) is 19.5. The second kappa shape index (κ2) is 4.80. The molecule has 1 heteroatoms. The molecule has 1 nitrogen and oxygen atoms in total. The lowest BCUT2D eigenvalue weighted by molar-refractivity contribution is 0.0471. The average molecular weight is 204 g/mol. The number of benzene rings is 1. The molecule has 1 atom stereocenters. The van der Waals surface area contributed by atoms with Crippen LogP contribution < -0.4 is 0 Å². The highest BCUT2D eigenvalue weighted by Gasteiger charge is 2.21. The molecule has 1 aliphatic carbocycles. The molecule has 82 valence electrons. The van der Waals surface area contributed by atoms with Gasteiger partial charge in [0.25, 0.3) is 0 Å². The summed E-state index contributed by atoms with van der Waals surface area (Å²) in [6.07, 6.45) is 3.87. The van der Waals surface area contributed by atoms with Crippen LogP contribution in [0.2, 0.25) is 0 Å². The highest BCUT2D eigenvalue weighted by Crippen LogP contribution is 2.33. The Hall–Kier alpha value is -0.820. The fraction of sp³-hybridized carbons (Fsp3) is 0.571. The summed E-state index contributed by atoms with van der Waals surface area (Å²) in [5.41, 5.74) is 2.90. The first-order valence-corrected chi connectivity index (χ1v) is 5.97. The maximum Gasteiger partial charge on any atom is 0.0830 e. The van der Waals surface area contributed by atoms with E-state index in [1.165, 1.54) is 24.0 Å². The molecular formula is C14H20O. The third-order valence-corrected chi connectivity index (χ3v) is 3.09. The summed E-state index contributed by atoms with van der Waals surface area (Å²) in [7, 11) is 0. The van der Waals surface area contributed by atoms with E-state index >= 15 is 0 Å². The lowest BCUT2D eigenvalue weighted by atomic mass is 10.1. The van der Waals surface area contributed by atoms with E-state index in [2.05, 4.69) is 38.1 Å². The standard InChI is InChI=1S/C14H20O/c1-11(2)9-10-15-14-8-7-12-5-3-4-6-13(12)14/h3-6,11,14H,7-10H2,1-2H3. The van der Waals surface area contributed by atoms with E-state index in [0.717, 1.165) is 18.9 Å². The Kier molecular flexibility index (Phi) is 3.42. The molecule has 1 aliphatic rings. The molecule has 0 amide bonds. The summed E-state index contributed by atoms with van der Waals surface area (Å²) in [6.45, 7) is 5.38. The molecule has 1 aromatic carbocycles. The van der Waals surface area contributed by atoms with Crippen molar-refractivity contribution in [2.75, 3.05) is 6.61 Å². The topological polar surface area (TPSA) is 9.23 Å². The van der Waals surface area contributed by atoms with Crippen LogP contribution in [0.4, 0.5) is 0 Å². The van der Waals surface area contributed by atoms with Crippen molar-refractivity contribution in [3.63, 3.8) is 0 Å². The Morgan fingerprint density at radius 1 is 1.33 bits per heavy atom. The molecule has 0 aromatic heterocycles. The van der Waals surface area contributed by atoms with E-state index in [4.69, 9.17) is 4.74 Å². The summed E-state index contributed by atoms with van der Waals surface area (Å²) < 4.78 is 5.94. The maximum atomic E-state index is 5.94. The van der Waals surface area contributed by atoms with Gasteiger partial charge in [-0.1, -0.05) is 38.1 Å². The van der Waals surface area contributed by atoms with Gasteiger partial charge in [0.1, 0.15) is 0 Å². The zero-order valence-corrected chi connectivity index (χ0v) is 9.70. The third-order valence-electron chi connectivity index (χ3n) is 3.09. The minimum atomic E-state index is 0.361. The van der Waals surface area contributed by atoms with Gasteiger partial charge in [-0.05, 0) is 36.3 Å². The van der Waals surface area contributed by atoms with Gasteiger partial charge in [-0.3, -0.25) is 0 Å². The molecule has 0 N–H and O–H groups in total. The molecule has 0 radical (unpaired) electrons. The van der Waals surface area contributed by atoms with Crippen LogP contribution in [0, 0.1) is 5.92 Å². The number of fused-ring (bicyclic) bond motifs is 1. The van der Waals surface area contributed by atoms with E-state index in [0.29, 0.717) is 6.10 Å². The summed E-state index contributed by atoms with van der Waals surface area (Å²) in [4.78, 5) is 0. The first-order valence-electron chi connectivity index (χ1n) is 5.97. The van der Waals surface area contributed by atoms with Gasteiger partial charge in [-0.25, -0.2) is 0 Å². The molecule has 0 bridgehead atoms. The molecule has 2 rings (SSSR count). The van der Waals surface area contributed by atoms with Crippen LogP contribution in [0.15, 0.2) is 24.3 Å². The number of aryl methyl sites for hydroxylation is 1. The smallest absolute Gasteiger partial charge is 0.0830 e. The van der Waals surface area contributed by atoms with Gasteiger partial charge in [-0.2, -0.15) is 0 Å². The largest absolute Gasteiger partial charge is 0.373 e. The molecule has 1 unspecified atom stereocenters. The van der Waals surface area contributed by atoms with E-state index in [1.54, 1.807) is 0 Å². The van der Waals surface area contributed by atoms with Crippen molar-refractivity contribution in [1.82, 2.24) is 0 Å². The monoisotopic (exact) mass is 204 g/mol. The predicted octanol–water partition coefficient (Wildman–Crippen LogP) is 3.74. The molecular weight excluding hydrogens is 184 g/mol. The Morgan fingerprint density at radius 2 is 2.13 bits per heavy atom. The van der Waals surface area contributed by atoms with Gasteiger partial charge >= 0.3 is 0 Å². The van der Waals surface area contributed by atoms with Crippen LogP contribution in [-0.2, 0) is 11.2 Å². The fourth-order valence-electron chi connectivity index (χ4n) is 2.14. The van der Waals surface area contributed by atoms with Crippen LogP contribution in [0.5, 0.6) is 0 Å². The van der Waals surface area contributed by atoms with Gasteiger partial charge in [0.05, 0.1) is 6.10 Å². The average Bonchev–Trinajstić information content (AvgIpc) is 2.62. The first-order chi connectivity index (χ1) is 7.27. The van der Waals surface area contributed by atoms with E-state index < -0.39 is 0 Å².